The molecule has 1 rings (SSSR count). The number of anilines is 1. The number of para-hydroxylation sites is 1. The monoisotopic (exact) mass is 294 g/mol. The molecule has 1 aromatic carbocycles. The maximum atomic E-state index is 12.2. The number of nitrogens with one attached hydrogen (secondary N) is 1. The molecule has 2 amide bonds. The molecule has 0 heterocycles. The van der Waals surface area contributed by atoms with E-state index in [0.29, 0.717) is 6.54 Å². The number of rotatable bonds is 7. The van der Waals surface area contributed by atoms with Gasteiger partial charge in [0.05, 0.1) is 12.5 Å². The van der Waals surface area contributed by atoms with Crippen LogP contribution in [0.1, 0.15) is 18.9 Å². The molecule has 0 saturated carbocycles. The van der Waals surface area contributed by atoms with Crippen LogP contribution in [0.3, 0.4) is 0 Å². The highest BCUT2D eigenvalue weighted by Crippen LogP contribution is 2.19. The Bertz CT molecular complexity index is 490. The van der Waals surface area contributed by atoms with E-state index in [4.69, 9.17) is 9.84 Å². The predicted octanol–water partition coefficient (Wildman–Crippen LogP) is 2.02. The second kappa shape index (κ2) is 8.26. The Labute approximate surface area is 124 Å². The number of carboxylic acids is 1. The molecule has 0 aliphatic rings. The van der Waals surface area contributed by atoms with E-state index in [0.717, 1.165) is 11.3 Å². The van der Waals surface area contributed by atoms with Crippen LogP contribution in [-0.4, -0.2) is 43.4 Å². The second-order valence-electron chi connectivity index (χ2n) is 4.67. The SMILES string of the molecule is CCN(C(=O)NCC(CC(=O)O)OC)c1ccccc1C. The fourth-order valence-corrected chi connectivity index (χ4v) is 2.02. The maximum Gasteiger partial charge on any atom is 0.321 e. The molecule has 1 aromatic rings. The third kappa shape index (κ3) is 5.07. The van der Waals surface area contributed by atoms with Crippen molar-refractivity contribution in [1.29, 1.82) is 0 Å². The van der Waals surface area contributed by atoms with Crippen LogP contribution in [0.25, 0.3) is 0 Å². The number of aliphatic carboxylic acids is 1. The zero-order valence-electron chi connectivity index (χ0n) is 12.6. The van der Waals surface area contributed by atoms with Crippen molar-refractivity contribution in [2.24, 2.45) is 0 Å². The van der Waals surface area contributed by atoms with Gasteiger partial charge < -0.3 is 15.2 Å². The number of benzene rings is 1. The van der Waals surface area contributed by atoms with Crippen molar-refractivity contribution in [1.82, 2.24) is 5.32 Å². The first-order valence-electron chi connectivity index (χ1n) is 6.85. The molecule has 116 valence electrons. The third-order valence-electron chi connectivity index (χ3n) is 3.18. The average molecular weight is 294 g/mol. The van der Waals surface area contributed by atoms with Gasteiger partial charge in [0.2, 0.25) is 0 Å². The van der Waals surface area contributed by atoms with Gasteiger partial charge in [-0.3, -0.25) is 9.69 Å². The molecule has 0 aromatic heterocycles. The average Bonchev–Trinajstić information content (AvgIpc) is 2.45. The van der Waals surface area contributed by atoms with Crippen molar-refractivity contribution >= 4 is 17.7 Å². The number of methoxy groups -OCH3 is 1. The summed E-state index contributed by atoms with van der Waals surface area (Å²) in [6.07, 6.45) is -0.685. The first-order chi connectivity index (χ1) is 9.99. The first-order valence-corrected chi connectivity index (χ1v) is 6.85. The standard InChI is InChI=1S/C15H22N2O4/c1-4-17(13-8-6-5-7-11(13)2)15(20)16-10-12(21-3)9-14(18)19/h5-8,12H,4,9-10H2,1-3H3,(H,16,20)(H,18,19). The van der Waals surface area contributed by atoms with E-state index in [1.807, 2.05) is 38.1 Å². The van der Waals surface area contributed by atoms with Crippen LogP contribution in [0.15, 0.2) is 24.3 Å². The van der Waals surface area contributed by atoms with Crippen LogP contribution in [0.4, 0.5) is 10.5 Å². The van der Waals surface area contributed by atoms with Gasteiger partial charge in [-0.25, -0.2) is 4.79 Å². The van der Waals surface area contributed by atoms with E-state index in [1.165, 1.54) is 7.11 Å². The van der Waals surface area contributed by atoms with Gasteiger partial charge in [-0.05, 0) is 25.5 Å². The number of hydrogen-bond donors (Lipinski definition) is 2. The van der Waals surface area contributed by atoms with Crippen molar-refractivity contribution in [3.63, 3.8) is 0 Å². The van der Waals surface area contributed by atoms with Crippen LogP contribution in [0, 0.1) is 6.92 Å². The van der Waals surface area contributed by atoms with Gasteiger partial charge in [-0.2, -0.15) is 0 Å². The van der Waals surface area contributed by atoms with Crippen LogP contribution < -0.4 is 10.2 Å². The topological polar surface area (TPSA) is 78.9 Å². The summed E-state index contributed by atoms with van der Waals surface area (Å²) in [6, 6.07) is 7.34. The summed E-state index contributed by atoms with van der Waals surface area (Å²) < 4.78 is 5.04. The summed E-state index contributed by atoms with van der Waals surface area (Å²) in [5, 5.41) is 11.5. The molecule has 0 radical (unpaired) electrons. The molecule has 6 heteroatoms. The van der Waals surface area contributed by atoms with E-state index in [2.05, 4.69) is 5.32 Å². The van der Waals surface area contributed by atoms with E-state index >= 15 is 0 Å². The fraction of sp³-hybridized carbons (Fsp3) is 0.467. The van der Waals surface area contributed by atoms with Gasteiger partial charge >= 0.3 is 12.0 Å². The highest BCUT2D eigenvalue weighted by Gasteiger charge is 2.18. The lowest BCUT2D eigenvalue weighted by atomic mass is 10.2. The van der Waals surface area contributed by atoms with E-state index in [9.17, 15) is 9.59 Å². The number of carboxylic acid groups (broad SMARTS) is 1. The number of nitrogens with zero attached hydrogens (tertiary/aromatic N) is 1. The molecule has 0 saturated heterocycles. The van der Waals surface area contributed by atoms with Gasteiger partial charge in [-0.1, -0.05) is 18.2 Å². The molecule has 0 aliphatic heterocycles. The number of amides is 2. The normalized spacial score (nSPS) is 11.8. The van der Waals surface area contributed by atoms with E-state index in [1.54, 1.807) is 4.90 Å². The van der Waals surface area contributed by atoms with Crippen molar-refractivity contribution in [3.05, 3.63) is 29.8 Å². The maximum absolute atomic E-state index is 12.2. The smallest absolute Gasteiger partial charge is 0.321 e. The van der Waals surface area contributed by atoms with Crippen LogP contribution in [0.5, 0.6) is 0 Å². The van der Waals surface area contributed by atoms with Crippen LogP contribution >= 0.6 is 0 Å². The van der Waals surface area contributed by atoms with Gasteiger partial charge in [0.25, 0.3) is 0 Å². The van der Waals surface area contributed by atoms with Crippen LogP contribution in [0.2, 0.25) is 0 Å². The quantitative estimate of drug-likeness (QED) is 0.806. The lowest BCUT2D eigenvalue weighted by molar-refractivity contribution is -0.139. The Morgan fingerprint density at radius 2 is 2.05 bits per heavy atom. The molecule has 1 atom stereocenters. The Balaban J connectivity index is 2.68. The number of hydrogen-bond acceptors (Lipinski definition) is 3. The molecule has 0 fully saturated rings. The fourth-order valence-electron chi connectivity index (χ4n) is 2.02. The zero-order valence-corrected chi connectivity index (χ0v) is 12.6. The highest BCUT2D eigenvalue weighted by molar-refractivity contribution is 5.92. The minimum atomic E-state index is -0.956. The van der Waals surface area contributed by atoms with Crippen LogP contribution in [-0.2, 0) is 9.53 Å². The van der Waals surface area contributed by atoms with Crippen molar-refractivity contribution in [2.45, 2.75) is 26.4 Å². The Hall–Kier alpha value is -2.08. The Morgan fingerprint density at radius 1 is 1.38 bits per heavy atom. The van der Waals surface area contributed by atoms with Gasteiger partial charge in [-0.15, -0.1) is 0 Å². The largest absolute Gasteiger partial charge is 0.481 e. The second-order valence-corrected chi connectivity index (χ2v) is 4.67. The number of carbonyl (C=O) groups is 2. The summed E-state index contributed by atoms with van der Waals surface area (Å²) in [5.74, 6) is -0.956. The summed E-state index contributed by atoms with van der Waals surface area (Å²) in [5.41, 5.74) is 1.84. The van der Waals surface area contributed by atoms with E-state index < -0.39 is 12.1 Å². The van der Waals surface area contributed by atoms with Gasteiger partial charge in [0.15, 0.2) is 0 Å². The molecule has 0 spiro atoms. The predicted molar refractivity (Wildman–Crippen MR) is 80.6 cm³/mol. The summed E-state index contributed by atoms with van der Waals surface area (Å²) in [4.78, 5) is 24.5. The summed E-state index contributed by atoms with van der Waals surface area (Å²) in [6.45, 7) is 4.50. The Morgan fingerprint density at radius 3 is 2.57 bits per heavy atom. The third-order valence-corrected chi connectivity index (χ3v) is 3.18. The number of aryl methyl sites for hydroxylation is 1. The highest BCUT2D eigenvalue weighted by atomic mass is 16.5. The molecule has 0 bridgehead atoms. The molecule has 21 heavy (non-hydrogen) atoms. The van der Waals surface area contributed by atoms with Gasteiger partial charge in [0.1, 0.15) is 0 Å². The molecular formula is C15H22N2O4. The first kappa shape index (κ1) is 17.0. The molecule has 0 aliphatic carbocycles. The molecule has 6 nitrogen and oxygen atoms in total. The van der Waals surface area contributed by atoms with Crippen molar-refractivity contribution in [3.8, 4) is 0 Å². The molecule has 1 unspecified atom stereocenters. The Kier molecular flexibility index (Phi) is 6.68. The zero-order chi connectivity index (χ0) is 15.8. The van der Waals surface area contributed by atoms with E-state index in [-0.39, 0.29) is 19.0 Å². The summed E-state index contributed by atoms with van der Waals surface area (Å²) in [7, 11) is 1.43. The van der Waals surface area contributed by atoms with Crippen molar-refractivity contribution < 1.29 is 19.4 Å². The number of carbonyl (C=O) groups excluding carboxylic acids is 1. The molecular weight excluding hydrogens is 272 g/mol. The lowest BCUT2D eigenvalue weighted by Crippen LogP contribution is -2.44. The minimum absolute atomic E-state index is 0.146. The number of ether oxygens (including phenoxy) is 1. The minimum Gasteiger partial charge on any atom is -0.481 e. The summed E-state index contributed by atoms with van der Waals surface area (Å²) >= 11 is 0. The number of urea groups is 1. The van der Waals surface area contributed by atoms with Crippen molar-refractivity contribution in [2.75, 3.05) is 25.1 Å². The lowest BCUT2D eigenvalue weighted by Gasteiger charge is -2.24. The van der Waals surface area contributed by atoms with Gasteiger partial charge in [0, 0.05) is 25.9 Å². The molecule has 2 N–H and O–H groups in total.